The molecule has 1 aromatic carbocycles. The topological polar surface area (TPSA) is 67.2 Å². The minimum Gasteiger partial charge on any atom is -0.370 e. The average Bonchev–Trinajstić information content (AvgIpc) is 2.17. The van der Waals surface area contributed by atoms with E-state index in [0.29, 0.717) is 5.11 Å². The summed E-state index contributed by atoms with van der Waals surface area (Å²) in [5.41, 5.74) is 5.99. The minimum atomic E-state index is -0.345. The highest BCUT2D eigenvalue weighted by atomic mass is 32.1. The molecule has 0 bridgehead atoms. The van der Waals surface area contributed by atoms with Crippen molar-refractivity contribution in [3.63, 3.8) is 0 Å². The van der Waals surface area contributed by atoms with Gasteiger partial charge in [-0.25, -0.2) is 0 Å². The normalized spacial score (nSPS) is 11.6. The first-order valence-corrected chi connectivity index (χ1v) is 5.39. The second kappa shape index (κ2) is 6.07. The summed E-state index contributed by atoms with van der Waals surface area (Å²) in [4.78, 5) is 10.7. The lowest BCUT2D eigenvalue weighted by molar-refractivity contribution is -0.118. The number of carbonyl (C=O) groups excluding carboxylic acids is 1. The van der Waals surface area contributed by atoms with E-state index in [1.54, 1.807) is 0 Å². The molecule has 0 radical (unpaired) electrons. The number of primary amides is 1. The van der Waals surface area contributed by atoms with Gasteiger partial charge >= 0.3 is 0 Å². The van der Waals surface area contributed by atoms with Gasteiger partial charge in [0, 0.05) is 18.2 Å². The van der Waals surface area contributed by atoms with E-state index >= 15 is 0 Å². The molecule has 0 aliphatic rings. The van der Waals surface area contributed by atoms with Gasteiger partial charge in [0.25, 0.3) is 0 Å². The van der Waals surface area contributed by atoms with Gasteiger partial charge in [0.2, 0.25) is 5.91 Å². The molecule has 1 aromatic rings. The van der Waals surface area contributed by atoms with E-state index in [0.717, 1.165) is 5.69 Å². The molecule has 0 fully saturated rings. The Morgan fingerprint density at radius 1 is 1.44 bits per heavy atom. The van der Waals surface area contributed by atoms with Crippen LogP contribution in [-0.2, 0) is 4.79 Å². The summed E-state index contributed by atoms with van der Waals surface area (Å²) in [5, 5.41) is 6.48. The lowest BCUT2D eigenvalue weighted by atomic mass is 10.2. The van der Waals surface area contributed by atoms with Crippen molar-refractivity contribution in [2.45, 2.75) is 19.4 Å². The number of hydrogen-bond donors (Lipinski definition) is 3. The Kier molecular flexibility index (Phi) is 4.72. The molecule has 0 aromatic heterocycles. The first-order chi connectivity index (χ1) is 7.58. The molecule has 1 atom stereocenters. The zero-order valence-electron chi connectivity index (χ0n) is 9.07. The first kappa shape index (κ1) is 12.4. The Bertz CT molecular complexity index is 367. The van der Waals surface area contributed by atoms with Crippen LogP contribution in [0, 0.1) is 0 Å². The van der Waals surface area contributed by atoms with Gasteiger partial charge in [-0.3, -0.25) is 4.79 Å². The second-order valence-corrected chi connectivity index (χ2v) is 3.94. The molecule has 1 amide bonds. The molecular weight excluding hydrogens is 222 g/mol. The fraction of sp³-hybridized carbons (Fsp3) is 0.273. The van der Waals surface area contributed by atoms with Crippen molar-refractivity contribution in [3.8, 4) is 0 Å². The summed E-state index contributed by atoms with van der Waals surface area (Å²) in [5.74, 6) is -0.345. The molecule has 4 N–H and O–H groups in total. The number of benzene rings is 1. The molecule has 5 heteroatoms. The molecule has 0 aliphatic carbocycles. The summed E-state index contributed by atoms with van der Waals surface area (Å²) in [6.07, 6.45) is 0.261. The lowest BCUT2D eigenvalue weighted by Gasteiger charge is -2.15. The van der Waals surface area contributed by atoms with Crippen LogP contribution in [0.2, 0.25) is 0 Å². The number of rotatable bonds is 4. The van der Waals surface area contributed by atoms with Gasteiger partial charge in [-0.1, -0.05) is 18.2 Å². The lowest BCUT2D eigenvalue weighted by Crippen LogP contribution is -2.38. The molecule has 0 aliphatic heterocycles. The summed E-state index contributed by atoms with van der Waals surface area (Å²) in [7, 11) is 0. The maximum atomic E-state index is 10.7. The van der Waals surface area contributed by atoms with Crippen LogP contribution in [0.25, 0.3) is 0 Å². The predicted octanol–water partition coefficient (Wildman–Crippen LogP) is 1.24. The third-order valence-corrected chi connectivity index (χ3v) is 2.14. The SMILES string of the molecule is CC(CC(N)=O)NC(=S)Nc1ccccc1. The van der Waals surface area contributed by atoms with Crippen LogP contribution in [0.5, 0.6) is 0 Å². The van der Waals surface area contributed by atoms with E-state index in [4.69, 9.17) is 18.0 Å². The Morgan fingerprint density at radius 3 is 2.62 bits per heavy atom. The largest absolute Gasteiger partial charge is 0.370 e. The van der Waals surface area contributed by atoms with Crippen molar-refractivity contribution in [2.75, 3.05) is 5.32 Å². The Hall–Kier alpha value is -1.62. The van der Waals surface area contributed by atoms with Crippen LogP contribution in [0.15, 0.2) is 30.3 Å². The molecule has 0 spiro atoms. The number of anilines is 1. The van der Waals surface area contributed by atoms with Gasteiger partial charge < -0.3 is 16.4 Å². The van der Waals surface area contributed by atoms with Crippen LogP contribution < -0.4 is 16.4 Å². The van der Waals surface area contributed by atoms with Crippen LogP contribution in [0.3, 0.4) is 0 Å². The highest BCUT2D eigenvalue weighted by molar-refractivity contribution is 7.80. The van der Waals surface area contributed by atoms with Crippen LogP contribution in [0.1, 0.15) is 13.3 Å². The second-order valence-electron chi connectivity index (χ2n) is 3.54. The van der Waals surface area contributed by atoms with Crippen molar-refractivity contribution in [2.24, 2.45) is 5.73 Å². The minimum absolute atomic E-state index is 0.0683. The highest BCUT2D eigenvalue weighted by Gasteiger charge is 2.06. The summed E-state index contributed by atoms with van der Waals surface area (Å²) in [6, 6.07) is 9.51. The van der Waals surface area contributed by atoms with Gasteiger partial charge in [0.05, 0.1) is 0 Å². The van der Waals surface area contributed by atoms with E-state index in [-0.39, 0.29) is 18.4 Å². The van der Waals surface area contributed by atoms with Crippen LogP contribution >= 0.6 is 12.2 Å². The van der Waals surface area contributed by atoms with E-state index in [1.165, 1.54) is 0 Å². The van der Waals surface area contributed by atoms with Crippen LogP contribution in [0.4, 0.5) is 5.69 Å². The van der Waals surface area contributed by atoms with E-state index < -0.39 is 0 Å². The molecule has 0 saturated heterocycles. The quantitative estimate of drug-likeness (QED) is 0.689. The number of para-hydroxylation sites is 1. The van der Waals surface area contributed by atoms with E-state index in [9.17, 15) is 4.79 Å². The monoisotopic (exact) mass is 237 g/mol. The van der Waals surface area contributed by atoms with Crippen LogP contribution in [-0.4, -0.2) is 17.1 Å². The maximum absolute atomic E-state index is 10.7. The van der Waals surface area contributed by atoms with Gasteiger partial charge in [-0.05, 0) is 31.3 Å². The van der Waals surface area contributed by atoms with E-state index in [1.807, 2.05) is 37.3 Å². The summed E-state index contributed by atoms with van der Waals surface area (Å²) in [6.45, 7) is 1.85. The summed E-state index contributed by atoms with van der Waals surface area (Å²) < 4.78 is 0. The van der Waals surface area contributed by atoms with Crippen molar-refractivity contribution in [1.29, 1.82) is 0 Å². The first-order valence-electron chi connectivity index (χ1n) is 4.99. The molecule has 1 unspecified atom stereocenters. The van der Waals surface area contributed by atoms with Crippen molar-refractivity contribution in [3.05, 3.63) is 30.3 Å². The molecule has 16 heavy (non-hydrogen) atoms. The average molecular weight is 237 g/mol. The van der Waals surface area contributed by atoms with Gasteiger partial charge in [0.15, 0.2) is 5.11 Å². The molecule has 0 heterocycles. The molecule has 86 valence electrons. The Morgan fingerprint density at radius 2 is 2.06 bits per heavy atom. The van der Waals surface area contributed by atoms with Gasteiger partial charge in [-0.2, -0.15) is 0 Å². The molecule has 1 rings (SSSR count). The number of nitrogens with one attached hydrogen (secondary N) is 2. The Balaban J connectivity index is 2.39. The third kappa shape index (κ3) is 4.75. The highest BCUT2D eigenvalue weighted by Crippen LogP contribution is 2.04. The number of amides is 1. The number of thiocarbonyl (C=S) groups is 1. The standard InChI is InChI=1S/C11H15N3OS/c1-8(7-10(12)15)13-11(16)14-9-5-3-2-4-6-9/h2-6,8H,7H2,1H3,(H2,12,15)(H2,13,14,16). The summed E-state index contributed by atoms with van der Waals surface area (Å²) >= 11 is 5.09. The fourth-order valence-electron chi connectivity index (χ4n) is 1.27. The van der Waals surface area contributed by atoms with Crippen molar-refractivity contribution >= 4 is 28.9 Å². The zero-order chi connectivity index (χ0) is 12.0. The Labute approximate surface area is 100 Å². The van der Waals surface area contributed by atoms with Crippen molar-refractivity contribution < 1.29 is 4.79 Å². The third-order valence-electron chi connectivity index (χ3n) is 1.92. The van der Waals surface area contributed by atoms with Gasteiger partial charge in [0.1, 0.15) is 0 Å². The molecular formula is C11H15N3OS. The molecule has 4 nitrogen and oxygen atoms in total. The maximum Gasteiger partial charge on any atom is 0.219 e. The van der Waals surface area contributed by atoms with E-state index in [2.05, 4.69) is 10.6 Å². The fourth-order valence-corrected chi connectivity index (χ4v) is 1.58. The number of carbonyl (C=O) groups is 1. The van der Waals surface area contributed by atoms with Crippen molar-refractivity contribution in [1.82, 2.24) is 5.32 Å². The number of hydrogen-bond acceptors (Lipinski definition) is 2. The zero-order valence-corrected chi connectivity index (χ0v) is 9.88. The smallest absolute Gasteiger partial charge is 0.219 e. The van der Waals surface area contributed by atoms with Gasteiger partial charge in [-0.15, -0.1) is 0 Å². The number of nitrogens with two attached hydrogens (primary N) is 1. The predicted molar refractivity (Wildman–Crippen MR) is 69.1 cm³/mol. The molecule has 0 saturated carbocycles.